The Balaban J connectivity index is 1.46. The summed E-state index contributed by atoms with van der Waals surface area (Å²) in [7, 11) is 3.09. The van der Waals surface area contributed by atoms with Crippen molar-refractivity contribution >= 4 is 23.6 Å². The lowest BCUT2D eigenvalue weighted by molar-refractivity contribution is -0.124. The average molecular weight is 403 g/mol. The van der Waals surface area contributed by atoms with Crippen LogP contribution in [-0.4, -0.2) is 49.3 Å². The van der Waals surface area contributed by atoms with Crippen LogP contribution in [-0.2, 0) is 4.79 Å². The van der Waals surface area contributed by atoms with Gasteiger partial charge in [0.1, 0.15) is 11.4 Å². The number of hydrogen-bond acceptors (Lipinski definition) is 5. The molecular formula is C21H26N2O4S. The Labute approximate surface area is 169 Å². The first-order valence-electron chi connectivity index (χ1n) is 9.80. The normalized spacial score (nSPS) is 23.1. The summed E-state index contributed by atoms with van der Waals surface area (Å²) < 4.78 is 10.8. The van der Waals surface area contributed by atoms with Gasteiger partial charge in [0.2, 0.25) is 5.91 Å². The number of methoxy groups -OCH3 is 2. The van der Waals surface area contributed by atoms with Gasteiger partial charge in [-0.1, -0.05) is 17.7 Å². The molecule has 4 rings (SSSR count). The molecule has 1 aliphatic carbocycles. The second kappa shape index (κ2) is 8.07. The lowest BCUT2D eigenvalue weighted by Crippen LogP contribution is -2.46. The predicted molar refractivity (Wildman–Crippen MR) is 109 cm³/mol. The van der Waals surface area contributed by atoms with Crippen molar-refractivity contribution in [2.45, 2.75) is 43.5 Å². The minimum atomic E-state index is -0.453. The topological polar surface area (TPSA) is 67.9 Å². The Bertz CT molecular complexity index is 823. The Kier molecular flexibility index (Phi) is 5.53. The summed E-state index contributed by atoms with van der Waals surface area (Å²) in [5.41, 5.74) is 2.85. The van der Waals surface area contributed by atoms with Crippen LogP contribution in [0.3, 0.4) is 0 Å². The molecule has 0 saturated carbocycles. The van der Waals surface area contributed by atoms with Crippen LogP contribution < -0.4 is 14.8 Å². The molecule has 2 atom stereocenters. The first-order valence-corrected chi connectivity index (χ1v) is 10.8. The third kappa shape index (κ3) is 3.26. The minimum Gasteiger partial charge on any atom is -0.493 e. The van der Waals surface area contributed by atoms with Gasteiger partial charge in [0, 0.05) is 17.9 Å². The molecule has 1 saturated heterocycles. The molecule has 3 aliphatic rings. The van der Waals surface area contributed by atoms with Gasteiger partial charge in [0.15, 0.2) is 11.5 Å². The fourth-order valence-electron chi connectivity index (χ4n) is 4.29. The van der Waals surface area contributed by atoms with Gasteiger partial charge in [-0.05, 0) is 38.2 Å². The van der Waals surface area contributed by atoms with Crippen molar-refractivity contribution < 1.29 is 19.1 Å². The number of amides is 2. The third-order valence-corrected chi connectivity index (χ3v) is 7.03. The van der Waals surface area contributed by atoms with Crippen molar-refractivity contribution in [3.63, 3.8) is 0 Å². The van der Waals surface area contributed by atoms with E-state index in [1.165, 1.54) is 25.5 Å². The Morgan fingerprint density at radius 1 is 1.29 bits per heavy atom. The molecule has 2 aliphatic heterocycles. The molecule has 1 aromatic rings. The van der Waals surface area contributed by atoms with Crippen LogP contribution in [0.25, 0.3) is 0 Å². The van der Waals surface area contributed by atoms with E-state index >= 15 is 0 Å². The monoisotopic (exact) mass is 402 g/mol. The van der Waals surface area contributed by atoms with Gasteiger partial charge in [-0.15, -0.1) is 11.8 Å². The highest BCUT2D eigenvalue weighted by Crippen LogP contribution is 2.52. The standard InChI is InChI=1S/C21H26N2O4S/c1-26-16-9-8-14-17(18(16)27-2)20(25)23-15(12-28-21(14)23)19(24)22-11-10-13-6-4-3-5-7-13/h6,8-9,15,21H,3-5,7,10-12H2,1-2H3,(H,22,24)/t15-,21+/m0/s1. The molecule has 2 amide bonds. The second-order valence-corrected chi connectivity index (χ2v) is 8.44. The lowest BCUT2D eigenvalue weighted by atomic mass is 9.97. The van der Waals surface area contributed by atoms with Crippen LogP contribution in [0.1, 0.15) is 53.4 Å². The van der Waals surface area contributed by atoms with Gasteiger partial charge < -0.3 is 19.7 Å². The molecule has 0 aromatic heterocycles. The fraction of sp³-hybridized carbons (Fsp3) is 0.524. The molecular weight excluding hydrogens is 376 g/mol. The van der Waals surface area contributed by atoms with Crippen molar-refractivity contribution in [3.8, 4) is 11.5 Å². The first-order chi connectivity index (χ1) is 13.7. The third-order valence-electron chi connectivity index (χ3n) is 5.73. The maximum Gasteiger partial charge on any atom is 0.260 e. The molecule has 7 heteroatoms. The van der Waals surface area contributed by atoms with E-state index in [9.17, 15) is 9.59 Å². The number of rotatable bonds is 6. The molecule has 1 aromatic carbocycles. The van der Waals surface area contributed by atoms with E-state index in [-0.39, 0.29) is 17.2 Å². The Morgan fingerprint density at radius 2 is 2.14 bits per heavy atom. The summed E-state index contributed by atoms with van der Waals surface area (Å²) in [6.07, 6.45) is 8.00. The first kappa shape index (κ1) is 19.2. The van der Waals surface area contributed by atoms with Crippen molar-refractivity contribution in [1.82, 2.24) is 10.2 Å². The quantitative estimate of drug-likeness (QED) is 0.740. The number of allylic oxidation sites excluding steroid dienone is 1. The minimum absolute atomic E-state index is 0.0708. The second-order valence-electron chi connectivity index (χ2n) is 7.33. The summed E-state index contributed by atoms with van der Waals surface area (Å²) in [4.78, 5) is 27.7. The van der Waals surface area contributed by atoms with Gasteiger partial charge in [0.25, 0.3) is 5.91 Å². The number of ether oxygens (including phenoxy) is 2. The molecule has 0 radical (unpaired) electrons. The molecule has 0 bridgehead atoms. The number of carbonyl (C=O) groups excluding carboxylic acids is 2. The Hall–Kier alpha value is -2.15. The number of carbonyl (C=O) groups is 2. The summed E-state index contributed by atoms with van der Waals surface area (Å²) in [6, 6.07) is 3.27. The summed E-state index contributed by atoms with van der Waals surface area (Å²) in [6.45, 7) is 0.628. The molecule has 2 heterocycles. The highest BCUT2D eigenvalue weighted by atomic mass is 32.2. The number of nitrogens with zero attached hydrogens (tertiary/aromatic N) is 1. The van der Waals surface area contributed by atoms with E-state index in [0.29, 0.717) is 29.4 Å². The van der Waals surface area contributed by atoms with Crippen LogP contribution in [0, 0.1) is 0 Å². The van der Waals surface area contributed by atoms with Gasteiger partial charge >= 0.3 is 0 Å². The number of thioether (sulfide) groups is 1. The van der Waals surface area contributed by atoms with Crippen LogP contribution in [0.4, 0.5) is 0 Å². The maximum absolute atomic E-state index is 13.1. The van der Waals surface area contributed by atoms with Crippen molar-refractivity contribution in [2.75, 3.05) is 26.5 Å². The van der Waals surface area contributed by atoms with E-state index in [0.717, 1.165) is 24.8 Å². The van der Waals surface area contributed by atoms with E-state index < -0.39 is 6.04 Å². The van der Waals surface area contributed by atoms with Gasteiger partial charge in [-0.25, -0.2) is 0 Å². The van der Waals surface area contributed by atoms with E-state index in [1.54, 1.807) is 23.8 Å². The summed E-state index contributed by atoms with van der Waals surface area (Å²) >= 11 is 1.63. The van der Waals surface area contributed by atoms with Crippen molar-refractivity contribution in [1.29, 1.82) is 0 Å². The molecule has 0 unspecified atom stereocenters. The molecule has 1 N–H and O–H groups in total. The molecule has 1 fully saturated rings. The van der Waals surface area contributed by atoms with Crippen LogP contribution in [0.2, 0.25) is 0 Å². The zero-order valence-electron chi connectivity index (χ0n) is 16.3. The van der Waals surface area contributed by atoms with E-state index in [4.69, 9.17) is 9.47 Å². The summed E-state index contributed by atoms with van der Waals surface area (Å²) in [5.74, 6) is 1.36. The zero-order valence-corrected chi connectivity index (χ0v) is 17.1. The van der Waals surface area contributed by atoms with Crippen LogP contribution >= 0.6 is 11.8 Å². The van der Waals surface area contributed by atoms with Gasteiger partial charge in [-0.3, -0.25) is 9.59 Å². The smallest absolute Gasteiger partial charge is 0.260 e. The van der Waals surface area contributed by atoms with Crippen LogP contribution in [0.5, 0.6) is 11.5 Å². The fourth-order valence-corrected chi connectivity index (χ4v) is 5.75. The largest absolute Gasteiger partial charge is 0.493 e. The van der Waals surface area contributed by atoms with Crippen molar-refractivity contribution in [2.24, 2.45) is 0 Å². The van der Waals surface area contributed by atoms with Gasteiger partial charge in [-0.2, -0.15) is 0 Å². The molecule has 150 valence electrons. The van der Waals surface area contributed by atoms with Crippen LogP contribution in [0.15, 0.2) is 23.8 Å². The molecule has 6 nitrogen and oxygen atoms in total. The van der Waals surface area contributed by atoms with Gasteiger partial charge in [0.05, 0.1) is 19.8 Å². The number of hydrogen-bond donors (Lipinski definition) is 1. The van der Waals surface area contributed by atoms with E-state index in [2.05, 4.69) is 11.4 Å². The maximum atomic E-state index is 13.1. The molecule has 28 heavy (non-hydrogen) atoms. The van der Waals surface area contributed by atoms with E-state index in [1.807, 2.05) is 12.1 Å². The highest BCUT2D eigenvalue weighted by Gasteiger charge is 2.50. The number of benzene rings is 1. The Morgan fingerprint density at radius 3 is 2.86 bits per heavy atom. The van der Waals surface area contributed by atoms with Crippen molar-refractivity contribution in [3.05, 3.63) is 34.9 Å². The molecule has 0 spiro atoms. The highest BCUT2D eigenvalue weighted by molar-refractivity contribution is 7.99. The lowest BCUT2D eigenvalue weighted by Gasteiger charge is -2.23. The predicted octanol–water partition coefficient (Wildman–Crippen LogP) is 3.28. The number of fused-ring (bicyclic) bond motifs is 3. The zero-order chi connectivity index (χ0) is 19.7. The SMILES string of the molecule is COc1ccc2c(c1OC)C(=O)N1[C@@H]2SC[C@H]1C(=O)NCCC1=CCCCC1. The summed E-state index contributed by atoms with van der Waals surface area (Å²) in [5, 5.41) is 2.90. The average Bonchev–Trinajstić information content (AvgIpc) is 3.28. The number of nitrogens with one attached hydrogen (secondary N) is 1.